The topological polar surface area (TPSA) is 60.2 Å². The summed E-state index contributed by atoms with van der Waals surface area (Å²) in [6.07, 6.45) is 0.492. The number of carbonyl (C=O) groups excluding carboxylic acids is 2. The molecule has 0 bridgehead atoms. The summed E-state index contributed by atoms with van der Waals surface area (Å²) < 4.78 is 0. The third-order valence-corrected chi connectivity index (χ3v) is 2.28. The van der Waals surface area contributed by atoms with Crippen molar-refractivity contribution in [1.29, 1.82) is 0 Å². The maximum absolute atomic E-state index is 10.6. The van der Waals surface area contributed by atoms with Crippen molar-refractivity contribution in [3.05, 3.63) is 0 Å². The Morgan fingerprint density at radius 1 is 1.45 bits per heavy atom. The van der Waals surface area contributed by atoms with E-state index >= 15 is 0 Å². The number of thioether (sulfide) groups is 1. The molecule has 0 radical (unpaired) electrons. The Hall–Kier alpha value is -0.350. The van der Waals surface area contributed by atoms with Crippen LogP contribution in [0.1, 0.15) is 20.3 Å². The van der Waals surface area contributed by atoms with E-state index in [-0.39, 0.29) is 11.6 Å². The molecule has 0 aliphatic rings. The summed E-state index contributed by atoms with van der Waals surface area (Å²) in [7, 11) is 0. The molecule has 3 nitrogen and oxygen atoms in total. The quantitative estimate of drug-likeness (QED) is 0.621. The van der Waals surface area contributed by atoms with Gasteiger partial charge in [-0.2, -0.15) is 0 Å². The minimum absolute atomic E-state index is 0.0430. The Morgan fingerprint density at radius 3 is 2.36 bits per heavy atom. The molecule has 0 aromatic heterocycles. The minimum Gasteiger partial charge on any atom is -0.313 e. The standard InChI is InChI=1S/C7H13NO2S/c1-5(9)3-4-11-7(8)6(2)10/h7H,3-4,8H2,1-2H3. The molecule has 0 spiro atoms. The number of hydrogen-bond acceptors (Lipinski definition) is 4. The molecule has 0 fully saturated rings. The van der Waals surface area contributed by atoms with Crippen molar-refractivity contribution in [3.8, 4) is 0 Å². The lowest BCUT2D eigenvalue weighted by atomic mass is 10.4. The second kappa shape index (κ2) is 5.32. The van der Waals surface area contributed by atoms with Crippen molar-refractivity contribution in [2.24, 2.45) is 5.73 Å². The van der Waals surface area contributed by atoms with Crippen LogP contribution in [0.3, 0.4) is 0 Å². The first-order chi connectivity index (χ1) is 5.04. The highest BCUT2D eigenvalue weighted by molar-refractivity contribution is 8.00. The van der Waals surface area contributed by atoms with E-state index < -0.39 is 5.37 Å². The van der Waals surface area contributed by atoms with Crippen LogP contribution in [-0.2, 0) is 9.59 Å². The number of Topliss-reactive ketones (excluding diaryl/α,β-unsaturated/α-hetero) is 2. The molecule has 0 saturated carbocycles. The van der Waals surface area contributed by atoms with E-state index in [1.54, 1.807) is 0 Å². The van der Waals surface area contributed by atoms with Gasteiger partial charge in [-0.25, -0.2) is 0 Å². The Balaban J connectivity index is 3.39. The molecule has 4 heteroatoms. The number of hydrogen-bond donors (Lipinski definition) is 1. The summed E-state index contributed by atoms with van der Waals surface area (Å²) in [6.45, 7) is 2.98. The molecule has 0 aromatic carbocycles. The Kier molecular flexibility index (Phi) is 5.15. The summed E-state index contributed by atoms with van der Waals surface area (Å²) in [5, 5.41) is -0.464. The minimum atomic E-state index is -0.464. The van der Waals surface area contributed by atoms with Crippen molar-refractivity contribution in [2.75, 3.05) is 5.75 Å². The van der Waals surface area contributed by atoms with Gasteiger partial charge in [0.25, 0.3) is 0 Å². The lowest BCUT2D eigenvalue weighted by Crippen LogP contribution is -2.24. The van der Waals surface area contributed by atoms with Crippen LogP contribution in [0.15, 0.2) is 0 Å². The fourth-order valence-corrected chi connectivity index (χ4v) is 1.34. The highest BCUT2D eigenvalue weighted by Gasteiger charge is 2.07. The molecule has 0 saturated heterocycles. The van der Waals surface area contributed by atoms with Crippen LogP contribution in [0.25, 0.3) is 0 Å². The van der Waals surface area contributed by atoms with Gasteiger partial charge in [0.15, 0.2) is 5.78 Å². The molecular formula is C7H13NO2S. The Bertz CT molecular complexity index is 159. The molecule has 64 valence electrons. The lowest BCUT2D eigenvalue weighted by molar-refractivity contribution is -0.117. The average molecular weight is 175 g/mol. The fraction of sp³-hybridized carbons (Fsp3) is 0.714. The van der Waals surface area contributed by atoms with Crippen molar-refractivity contribution in [3.63, 3.8) is 0 Å². The molecule has 0 amide bonds. The van der Waals surface area contributed by atoms with Crippen LogP contribution >= 0.6 is 11.8 Å². The normalized spacial score (nSPS) is 12.6. The first-order valence-corrected chi connectivity index (χ1v) is 4.46. The summed E-state index contributed by atoms with van der Waals surface area (Å²) in [6, 6.07) is 0. The molecule has 2 N–H and O–H groups in total. The SMILES string of the molecule is CC(=O)CCSC(N)C(C)=O. The van der Waals surface area contributed by atoms with Gasteiger partial charge in [-0.05, 0) is 13.8 Å². The molecule has 11 heavy (non-hydrogen) atoms. The van der Waals surface area contributed by atoms with E-state index in [0.29, 0.717) is 12.2 Å². The van der Waals surface area contributed by atoms with Gasteiger partial charge in [-0.3, -0.25) is 9.59 Å². The molecule has 0 aliphatic carbocycles. The van der Waals surface area contributed by atoms with Crippen LogP contribution in [0, 0.1) is 0 Å². The molecule has 0 heterocycles. The van der Waals surface area contributed by atoms with Gasteiger partial charge in [0.2, 0.25) is 0 Å². The Labute approximate surface area is 70.7 Å². The van der Waals surface area contributed by atoms with Gasteiger partial charge in [0.05, 0.1) is 0 Å². The maximum atomic E-state index is 10.6. The van der Waals surface area contributed by atoms with Crippen LogP contribution in [0.4, 0.5) is 0 Å². The van der Waals surface area contributed by atoms with Crippen LogP contribution in [0.2, 0.25) is 0 Å². The first-order valence-electron chi connectivity index (χ1n) is 3.41. The fourth-order valence-electron chi connectivity index (χ4n) is 0.447. The number of ketones is 2. The second-order valence-corrected chi connectivity index (χ2v) is 3.60. The number of carbonyl (C=O) groups is 2. The van der Waals surface area contributed by atoms with Crippen molar-refractivity contribution in [1.82, 2.24) is 0 Å². The molecular weight excluding hydrogens is 162 g/mol. The van der Waals surface area contributed by atoms with Gasteiger partial charge in [0, 0.05) is 12.2 Å². The van der Waals surface area contributed by atoms with Crippen LogP contribution in [0.5, 0.6) is 0 Å². The molecule has 0 aliphatic heterocycles. The third kappa shape index (κ3) is 6.06. The van der Waals surface area contributed by atoms with E-state index in [9.17, 15) is 9.59 Å². The zero-order chi connectivity index (χ0) is 8.85. The van der Waals surface area contributed by atoms with Gasteiger partial charge in [-0.1, -0.05) is 0 Å². The molecule has 0 aromatic rings. The Morgan fingerprint density at radius 2 is 2.00 bits per heavy atom. The predicted molar refractivity (Wildman–Crippen MR) is 46.4 cm³/mol. The summed E-state index contributed by atoms with van der Waals surface area (Å²) in [5.41, 5.74) is 5.40. The number of rotatable bonds is 5. The zero-order valence-corrected chi connectivity index (χ0v) is 7.61. The van der Waals surface area contributed by atoms with Crippen LogP contribution < -0.4 is 5.73 Å². The lowest BCUT2D eigenvalue weighted by Gasteiger charge is -2.04. The van der Waals surface area contributed by atoms with Crippen molar-refractivity contribution >= 4 is 23.3 Å². The molecule has 0 rings (SSSR count). The van der Waals surface area contributed by atoms with E-state index in [2.05, 4.69) is 0 Å². The van der Waals surface area contributed by atoms with Gasteiger partial charge in [-0.15, -0.1) is 11.8 Å². The zero-order valence-electron chi connectivity index (χ0n) is 6.79. The van der Waals surface area contributed by atoms with E-state index in [4.69, 9.17) is 5.73 Å². The maximum Gasteiger partial charge on any atom is 0.156 e. The average Bonchev–Trinajstić information content (AvgIpc) is 1.86. The van der Waals surface area contributed by atoms with Gasteiger partial charge >= 0.3 is 0 Å². The highest BCUT2D eigenvalue weighted by atomic mass is 32.2. The molecule has 1 atom stereocenters. The smallest absolute Gasteiger partial charge is 0.156 e. The third-order valence-electron chi connectivity index (χ3n) is 1.15. The summed E-state index contributed by atoms with van der Waals surface area (Å²) >= 11 is 1.32. The van der Waals surface area contributed by atoms with Crippen molar-refractivity contribution in [2.45, 2.75) is 25.6 Å². The summed E-state index contributed by atoms with van der Waals surface area (Å²) in [4.78, 5) is 21.0. The van der Waals surface area contributed by atoms with E-state index in [1.807, 2.05) is 0 Å². The number of nitrogens with two attached hydrogens (primary N) is 1. The predicted octanol–water partition coefficient (Wildman–Crippen LogP) is 0.573. The first kappa shape index (κ1) is 10.7. The van der Waals surface area contributed by atoms with Crippen LogP contribution in [-0.4, -0.2) is 22.7 Å². The summed E-state index contributed by atoms with van der Waals surface area (Å²) in [5.74, 6) is 0.725. The largest absolute Gasteiger partial charge is 0.313 e. The van der Waals surface area contributed by atoms with Gasteiger partial charge in [0.1, 0.15) is 11.2 Å². The second-order valence-electron chi connectivity index (χ2n) is 2.35. The molecule has 1 unspecified atom stereocenters. The van der Waals surface area contributed by atoms with E-state index in [1.165, 1.54) is 25.6 Å². The van der Waals surface area contributed by atoms with Gasteiger partial charge < -0.3 is 5.73 Å². The monoisotopic (exact) mass is 175 g/mol. The van der Waals surface area contributed by atoms with E-state index in [0.717, 1.165) is 0 Å². The highest BCUT2D eigenvalue weighted by Crippen LogP contribution is 2.07. The van der Waals surface area contributed by atoms with Crippen molar-refractivity contribution < 1.29 is 9.59 Å².